The minimum Gasteiger partial charge on any atom is -0.381 e. The van der Waals surface area contributed by atoms with Gasteiger partial charge < -0.3 is 29.7 Å². The van der Waals surface area contributed by atoms with Crippen molar-refractivity contribution in [2.24, 2.45) is 0 Å². The molecule has 0 aliphatic carbocycles. The molecular formula is C37H47N5O4. The highest BCUT2D eigenvalue weighted by atomic mass is 16.5. The Bertz CT molecular complexity index is 1680. The first-order chi connectivity index (χ1) is 22.1. The van der Waals surface area contributed by atoms with E-state index in [2.05, 4.69) is 58.3 Å². The molecule has 3 aliphatic heterocycles. The smallest absolute Gasteiger partial charge is 0.253 e. The molecule has 9 heteroatoms. The molecule has 2 N–H and O–H groups in total. The summed E-state index contributed by atoms with van der Waals surface area (Å²) in [6.45, 7) is 12.9. The van der Waals surface area contributed by atoms with Crippen molar-refractivity contribution in [3.05, 3.63) is 80.3 Å². The van der Waals surface area contributed by atoms with Gasteiger partial charge in [0.05, 0.1) is 0 Å². The van der Waals surface area contributed by atoms with E-state index in [1.54, 1.807) is 0 Å². The van der Waals surface area contributed by atoms with Crippen LogP contribution in [-0.4, -0.2) is 74.7 Å². The lowest BCUT2D eigenvalue weighted by atomic mass is 9.74. The number of pyridine rings is 1. The summed E-state index contributed by atoms with van der Waals surface area (Å²) in [6.07, 6.45) is 4.78. The van der Waals surface area contributed by atoms with Gasteiger partial charge in [0.1, 0.15) is 0 Å². The highest BCUT2D eigenvalue weighted by Gasteiger charge is 2.43. The molecule has 0 bridgehead atoms. The van der Waals surface area contributed by atoms with E-state index in [1.165, 1.54) is 11.3 Å². The summed E-state index contributed by atoms with van der Waals surface area (Å²) in [7, 11) is 2.15. The van der Waals surface area contributed by atoms with E-state index in [9.17, 15) is 14.4 Å². The van der Waals surface area contributed by atoms with Crippen molar-refractivity contribution in [2.45, 2.75) is 71.4 Å². The predicted octanol–water partition coefficient (Wildman–Crippen LogP) is 4.84. The van der Waals surface area contributed by atoms with Crippen LogP contribution < -0.4 is 20.7 Å². The van der Waals surface area contributed by atoms with Crippen LogP contribution in [0.3, 0.4) is 0 Å². The number of nitrogens with zero attached hydrogens (tertiary/aromatic N) is 3. The minimum atomic E-state index is -0.192. The molecule has 244 valence electrons. The van der Waals surface area contributed by atoms with Gasteiger partial charge >= 0.3 is 0 Å². The van der Waals surface area contributed by atoms with E-state index < -0.39 is 0 Å². The number of anilines is 2. The molecule has 1 aromatic heterocycles. The molecule has 46 heavy (non-hydrogen) atoms. The lowest BCUT2D eigenvalue weighted by Crippen LogP contribution is -2.44. The number of ether oxygens (including phenoxy) is 1. The second-order valence-electron chi connectivity index (χ2n) is 13.4. The number of rotatable bonds is 8. The van der Waals surface area contributed by atoms with Crippen LogP contribution in [0.4, 0.5) is 11.4 Å². The molecule has 0 atom stereocenters. The highest BCUT2D eigenvalue weighted by Crippen LogP contribution is 2.48. The third-order valence-corrected chi connectivity index (χ3v) is 10.6. The van der Waals surface area contributed by atoms with Crippen LogP contribution in [0.15, 0.2) is 41.2 Å². The number of nitrogens with one attached hydrogen (secondary N) is 2. The van der Waals surface area contributed by atoms with Crippen molar-refractivity contribution < 1.29 is 14.3 Å². The number of piperidine rings is 1. The number of fused-ring (bicyclic) bond motifs is 2. The van der Waals surface area contributed by atoms with Crippen molar-refractivity contribution in [1.29, 1.82) is 0 Å². The average Bonchev–Trinajstić information content (AvgIpc) is 3.32. The lowest BCUT2D eigenvalue weighted by molar-refractivity contribution is -0.119. The Morgan fingerprint density at radius 2 is 1.83 bits per heavy atom. The Balaban J connectivity index is 1.38. The molecule has 3 aromatic rings. The Morgan fingerprint density at radius 3 is 2.50 bits per heavy atom. The second kappa shape index (κ2) is 12.9. The van der Waals surface area contributed by atoms with Gasteiger partial charge in [0.15, 0.2) is 0 Å². The molecule has 9 nitrogen and oxygen atoms in total. The molecular weight excluding hydrogens is 578 g/mol. The Kier molecular flexibility index (Phi) is 8.97. The standard InChI is InChI=1S/C37H47N5O4/c1-6-42(29-9-15-46-16-10-29)33-20-28(18-30(26(33)4)35(44)38-21-31-24(2)17-25(3)39-36(31)45)27-7-8-32-34(19-27)40(5)22-37(32)11-13-41(23-43)14-12-37/h7-8,17-20,23,29H,6,9-16,21-22H2,1-5H3,(H,38,44)(H,39,45). The van der Waals surface area contributed by atoms with Crippen molar-refractivity contribution in [3.8, 4) is 11.1 Å². The van der Waals surface area contributed by atoms with Crippen LogP contribution in [0.25, 0.3) is 11.1 Å². The number of carbonyl (C=O) groups is 2. The Hall–Kier alpha value is -4.11. The van der Waals surface area contributed by atoms with Crippen molar-refractivity contribution >= 4 is 23.7 Å². The van der Waals surface area contributed by atoms with Gasteiger partial charge in [-0.25, -0.2) is 0 Å². The molecule has 0 saturated carbocycles. The van der Waals surface area contributed by atoms with Crippen LogP contribution in [-0.2, 0) is 21.5 Å². The lowest BCUT2D eigenvalue weighted by Gasteiger charge is -2.38. The number of aryl methyl sites for hydroxylation is 2. The first kappa shape index (κ1) is 31.9. The maximum Gasteiger partial charge on any atom is 0.253 e. The second-order valence-corrected chi connectivity index (χ2v) is 13.4. The van der Waals surface area contributed by atoms with Gasteiger partial charge in [0, 0.05) is 92.6 Å². The molecule has 4 heterocycles. The number of benzene rings is 2. The van der Waals surface area contributed by atoms with E-state index in [-0.39, 0.29) is 23.4 Å². The van der Waals surface area contributed by atoms with Gasteiger partial charge in [-0.05, 0) is 105 Å². The first-order valence-corrected chi connectivity index (χ1v) is 16.7. The molecule has 2 aromatic carbocycles. The maximum absolute atomic E-state index is 13.9. The normalized spacial score (nSPS) is 17.7. The number of hydrogen-bond acceptors (Lipinski definition) is 6. The van der Waals surface area contributed by atoms with E-state index in [0.717, 1.165) is 105 Å². The quantitative estimate of drug-likeness (QED) is 0.348. The molecule has 2 saturated heterocycles. The van der Waals surface area contributed by atoms with E-state index >= 15 is 0 Å². The summed E-state index contributed by atoms with van der Waals surface area (Å²) in [5.74, 6) is -0.192. The highest BCUT2D eigenvalue weighted by molar-refractivity contribution is 5.99. The number of likely N-dealkylation sites (tertiary alicyclic amines) is 1. The van der Waals surface area contributed by atoms with E-state index in [1.807, 2.05) is 37.8 Å². The molecule has 1 spiro atoms. The van der Waals surface area contributed by atoms with Crippen LogP contribution >= 0.6 is 0 Å². The van der Waals surface area contributed by atoms with Gasteiger partial charge in [0.2, 0.25) is 6.41 Å². The number of aromatic nitrogens is 1. The molecule has 2 fully saturated rings. The fraction of sp³-hybridized carbons (Fsp3) is 0.486. The zero-order valence-corrected chi connectivity index (χ0v) is 27.9. The van der Waals surface area contributed by atoms with E-state index in [4.69, 9.17) is 4.74 Å². The minimum absolute atomic E-state index is 0.0552. The van der Waals surface area contributed by atoms with Crippen molar-refractivity contribution in [3.63, 3.8) is 0 Å². The third-order valence-electron chi connectivity index (χ3n) is 10.6. The number of hydrogen-bond donors (Lipinski definition) is 2. The first-order valence-electron chi connectivity index (χ1n) is 16.7. The largest absolute Gasteiger partial charge is 0.381 e. The molecule has 0 radical (unpaired) electrons. The van der Waals surface area contributed by atoms with Crippen LogP contribution in [0.2, 0.25) is 0 Å². The van der Waals surface area contributed by atoms with Crippen LogP contribution in [0.5, 0.6) is 0 Å². The number of H-pyrrole nitrogens is 1. The van der Waals surface area contributed by atoms with Gasteiger partial charge in [-0.3, -0.25) is 14.4 Å². The average molecular weight is 626 g/mol. The Morgan fingerprint density at radius 1 is 1.09 bits per heavy atom. The van der Waals surface area contributed by atoms with Crippen molar-refractivity contribution in [1.82, 2.24) is 15.2 Å². The number of likely N-dealkylation sites (N-methyl/N-ethyl adjacent to an activating group) is 1. The maximum atomic E-state index is 13.9. The van der Waals surface area contributed by atoms with Gasteiger partial charge in [-0.15, -0.1) is 0 Å². The van der Waals surface area contributed by atoms with Crippen molar-refractivity contribution in [2.75, 3.05) is 56.2 Å². The number of carbonyl (C=O) groups excluding carboxylic acids is 2. The topological polar surface area (TPSA) is 98.0 Å². The summed E-state index contributed by atoms with van der Waals surface area (Å²) in [5.41, 5.74) is 9.36. The molecule has 3 aliphatic rings. The van der Waals surface area contributed by atoms with Gasteiger partial charge in [-0.1, -0.05) is 12.1 Å². The Labute approximate surface area is 271 Å². The fourth-order valence-corrected chi connectivity index (χ4v) is 7.97. The molecule has 6 rings (SSSR count). The summed E-state index contributed by atoms with van der Waals surface area (Å²) in [6, 6.07) is 13.3. The molecule has 2 amide bonds. The van der Waals surface area contributed by atoms with Gasteiger partial charge in [0.25, 0.3) is 11.5 Å². The molecule has 0 unspecified atom stereocenters. The van der Waals surface area contributed by atoms with Crippen LogP contribution in [0.1, 0.15) is 70.9 Å². The fourth-order valence-electron chi connectivity index (χ4n) is 7.97. The monoisotopic (exact) mass is 625 g/mol. The van der Waals surface area contributed by atoms with E-state index in [0.29, 0.717) is 17.2 Å². The SMILES string of the molecule is CCN(c1cc(-c2ccc3c(c2)N(C)CC32CCN(C=O)CC2)cc(C(=O)NCc2c(C)cc(C)[nH]c2=O)c1C)C1CCOCC1. The predicted molar refractivity (Wildman–Crippen MR) is 183 cm³/mol. The number of aromatic amines is 1. The summed E-state index contributed by atoms with van der Waals surface area (Å²) in [4.78, 5) is 47.5. The third kappa shape index (κ3) is 5.93. The zero-order valence-electron chi connectivity index (χ0n) is 27.9. The van der Waals surface area contributed by atoms with Gasteiger partial charge in [-0.2, -0.15) is 0 Å². The zero-order chi connectivity index (χ0) is 32.6. The summed E-state index contributed by atoms with van der Waals surface area (Å²) < 4.78 is 5.69. The summed E-state index contributed by atoms with van der Waals surface area (Å²) in [5, 5.41) is 3.06. The number of amides is 2. The summed E-state index contributed by atoms with van der Waals surface area (Å²) >= 11 is 0. The van der Waals surface area contributed by atoms with Crippen LogP contribution in [0, 0.1) is 20.8 Å².